The number of halogens is 3. The Balaban J connectivity index is 2.30. The van der Waals surface area contributed by atoms with Crippen LogP contribution in [0.5, 0.6) is 0 Å². The lowest BCUT2D eigenvalue weighted by molar-refractivity contribution is 1.26. The van der Waals surface area contributed by atoms with Crippen molar-refractivity contribution in [3.05, 3.63) is 51.0 Å². The molecule has 0 bridgehead atoms. The van der Waals surface area contributed by atoms with E-state index in [-0.39, 0.29) is 0 Å². The van der Waals surface area contributed by atoms with Crippen LogP contribution in [0.3, 0.4) is 0 Å². The van der Waals surface area contributed by atoms with Gasteiger partial charge < -0.3 is 5.32 Å². The lowest BCUT2D eigenvalue weighted by Crippen LogP contribution is -1.94. The van der Waals surface area contributed by atoms with Crippen LogP contribution in [0.1, 0.15) is 0 Å². The number of nitrogens with zero attached hydrogens (tertiary/aromatic N) is 1. The van der Waals surface area contributed by atoms with E-state index in [1.165, 1.54) is 0 Å². The molecule has 0 fully saturated rings. The predicted octanol–water partition coefficient (Wildman–Crippen LogP) is 4.89. The standard InChI is InChI=1S/C11H7BrCl2N2/c12-10-2-1-3-11(16-10)15-9-6-7(13)4-5-8(9)14/h1-6H,(H,15,16). The third-order valence-electron chi connectivity index (χ3n) is 1.91. The van der Waals surface area contributed by atoms with Gasteiger partial charge in [-0.1, -0.05) is 29.3 Å². The van der Waals surface area contributed by atoms with Crippen LogP contribution in [0.25, 0.3) is 0 Å². The second kappa shape index (κ2) is 5.04. The molecule has 1 aromatic heterocycles. The number of anilines is 2. The van der Waals surface area contributed by atoms with E-state index in [1.54, 1.807) is 18.2 Å². The Hall–Kier alpha value is -0.770. The fourth-order valence-corrected chi connectivity index (χ4v) is 1.89. The highest BCUT2D eigenvalue weighted by atomic mass is 79.9. The second-order valence-corrected chi connectivity index (χ2v) is 4.75. The Morgan fingerprint density at radius 1 is 1.12 bits per heavy atom. The molecule has 16 heavy (non-hydrogen) atoms. The topological polar surface area (TPSA) is 24.9 Å². The van der Waals surface area contributed by atoms with Crippen LogP contribution in [0.2, 0.25) is 10.0 Å². The fraction of sp³-hybridized carbons (Fsp3) is 0. The highest BCUT2D eigenvalue weighted by Gasteiger charge is 2.02. The summed E-state index contributed by atoms with van der Waals surface area (Å²) in [6, 6.07) is 10.8. The van der Waals surface area contributed by atoms with Gasteiger partial charge in [-0.3, -0.25) is 0 Å². The van der Waals surface area contributed by atoms with E-state index in [1.807, 2.05) is 18.2 Å². The number of aromatic nitrogens is 1. The Morgan fingerprint density at radius 3 is 2.69 bits per heavy atom. The second-order valence-electron chi connectivity index (χ2n) is 3.09. The molecule has 1 aromatic carbocycles. The summed E-state index contributed by atoms with van der Waals surface area (Å²) in [4.78, 5) is 4.24. The minimum Gasteiger partial charge on any atom is -0.339 e. The molecule has 0 spiro atoms. The van der Waals surface area contributed by atoms with Gasteiger partial charge in [-0.15, -0.1) is 0 Å². The molecular weight excluding hydrogens is 311 g/mol. The first-order chi connectivity index (χ1) is 7.65. The molecule has 0 saturated carbocycles. The summed E-state index contributed by atoms with van der Waals surface area (Å²) in [5.74, 6) is 0.707. The summed E-state index contributed by atoms with van der Waals surface area (Å²) in [6.45, 7) is 0. The van der Waals surface area contributed by atoms with Crippen molar-refractivity contribution in [2.24, 2.45) is 0 Å². The molecule has 5 heteroatoms. The summed E-state index contributed by atoms with van der Waals surface area (Å²) < 4.78 is 0.760. The smallest absolute Gasteiger partial charge is 0.131 e. The highest BCUT2D eigenvalue weighted by molar-refractivity contribution is 9.10. The van der Waals surface area contributed by atoms with Gasteiger partial charge in [0.15, 0.2) is 0 Å². The van der Waals surface area contributed by atoms with Crippen LogP contribution in [0.15, 0.2) is 41.0 Å². The molecule has 2 aromatic rings. The molecule has 0 saturated heterocycles. The van der Waals surface area contributed by atoms with Crippen LogP contribution in [0, 0.1) is 0 Å². The van der Waals surface area contributed by atoms with E-state index in [0.29, 0.717) is 15.9 Å². The molecule has 1 N–H and O–H groups in total. The average Bonchev–Trinajstić information content (AvgIpc) is 2.24. The zero-order valence-electron chi connectivity index (χ0n) is 8.05. The Morgan fingerprint density at radius 2 is 1.94 bits per heavy atom. The lowest BCUT2D eigenvalue weighted by Gasteiger charge is -2.07. The van der Waals surface area contributed by atoms with E-state index >= 15 is 0 Å². The summed E-state index contributed by atoms with van der Waals surface area (Å²) in [5.41, 5.74) is 0.736. The quantitative estimate of drug-likeness (QED) is 0.797. The van der Waals surface area contributed by atoms with Crippen molar-refractivity contribution < 1.29 is 0 Å². The lowest BCUT2D eigenvalue weighted by atomic mass is 10.3. The largest absolute Gasteiger partial charge is 0.339 e. The van der Waals surface area contributed by atoms with Crippen molar-refractivity contribution in [1.29, 1.82) is 0 Å². The van der Waals surface area contributed by atoms with Gasteiger partial charge in [0.25, 0.3) is 0 Å². The van der Waals surface area contributed by atoms with Gasteiger partial charge in [0, 0.05) is 5.02 Å². The zero-order chi connectivity index (χ0) is 11.5. The molecule has 0 atom stereocenters. The van der Waals surface area contributed by atoms with Crippen molar-refractivity contribution >= 4 is 50.6 Å². The van der Waals surface area contributed by atoms with Crippen LogP contribution in [-0.4, -0.2) is 4.98 Å². The van der Waals surface area contributed by atoms with Gasteiger partial charge >= 0.3 is 0 Å². The number of nitrogens with one attached hydrogen (secondary N) is 1. The molecule has 0 unspecified atom stereocenters. The average molecular weight is 318 g/mol. The minimum absolute atomic E-state index is 0.603. The van der Waals surface area contributed by atoms with Crippen LogP contribution < -0.4 is 5.32 Å². The maximum absolute atomic E-state index is 6.03. The van der Waals surface area contributed by atoms with Crippen molar-refractivity contribution in [2.75, 3.05) is 5.32 Å². The van der Waals surface area contributed by atoms with Gasteiger partial charge in [-0.2, -0.15) is 0 Å². The van der Waals surface area contributed by atoms with E-state index < -0.39 is 0 Å². The number of hydrogen-bond donors (Lipinski definition) is 1. The van der Waals surface area contributed by atoms with Crippen LogP contribution >= 0.6 is 39.1 Å². The van der Waals surface area contributed by atoms with E-state index in [4.69, 9.17) is 23.2 Å². The molecule has 0 aliphatic rings. The number of rotatable bonds is 2. The van der Waals surface area contributed by atoms with E-state index in [9.17, 15) is 0 Å². The molecule has 1 heterocycles. The highest BCUT2D eigenvalue weighted by Crippen LogP contribution is 2.28. The van der Waals surface area contributed by atoms with Crippen molar-refractivity contribution in [3.8, 4) is 0 Å². The number of pyridine rings is 1. The fourth-order valence-electron chi connectivity index (χ4n) is 1.21. The number of benzene rings is 1. The molecule has 2 nitrogen and oxygen atoms in total. The molecule has 0 radical (unpaired) electrons. The molecule has 82 valence electrons. The summed E-state index contributed by atoms with van der Waals surface area (Å²) in [7, 11) is 0. The summed E-state index contributed by atoms with van der Waals surface area (Å²) in [6.07, 6.45) is 0. The molecule has 0 aliphatic carbocycles. The monoisotopic (exact) mass is 316 g/mol. The third kappa shape index (κ3) is 2.88. The van der Waals surface area contributed by atoms with Gasteiger partial charge in [0.05, 0.1) is 10.7 Å². The summed E-state index contributed by atoms with van der Waals surface area (Å²) >= 11 is 15.2. The van der Waals surface area contributed by atoms with Gasteiger partial charge in [-0.25, -0.2) is 4.98 Å². The van der Waals surface area contributed by atoms with Crippen LogP contribution in [0.4, 0.5) is 11.5 Å². The van der Waals surface area contributed by atoms with Crippen molar-refractivity contribution in [3.63, 3.8) is 0 Å². The first-order valence-corrected chi connectivity index (χ1v) is 6.05. The Bertz CT molecular complexity index is 517. The first kappa shape index (κ1) is 11.7. The normalized spacial score (nSPS) is 10.2. The predicted molar refractivity (Wildman–Crippen MR) is 71.7 cm³/mol. The summed E-state index contributed by atoms with van der Waals surface area (Å²) in [5, 5.41) is 4.33. The third-order valence-corrected chi connectivity index (χ3v) is 2.91. The van der Waals surface area contributed by atoms with E-state index in [2.05, 4.69) is 26.2 Å². The maximum atomic E-state index is 6.03. The van der Waals surface area contributed by atoms with Gasteiger partial charge in [-0.05, 0) is 46.3 Å². The molecule has 0 amide bonds. The minimum atomic E-state index is 0.603. The zero-order valence-corrected chi connectivity index (χ0v) is 11.1. The Labute approximate surface area is 112 Å². The van der Waals surface area contributed by atoms with Crippen LogP contribution in [-0.2, 0) is 0 Å². The van der Waals surface area contributed by atoms with Gasteiger partial charge in [0.2, 0.25) is 0 Å². The maximum Gasteiger partial charge on any atom is 0.131 e. The number of hydrogen-bond acceptors (Lipinski definition) is 2. The van der Waals surface area contributed by atoms with E-state index in [0.717, 1.165) is 10.3 Å². The first-order valence-electron chi connectivity index (χ1n) is 4.50. The van der Waals surface area contributed by atoms with Crippen molar-refractivity contribution in [2.45, 2.75) is 0 Å². The Kier molecular flexibility index (Phi) is 3.69. The SMILES string of the molecule is Clc1ccc(Cl)c(Nc2cccc(Br)n2)c1. The molecular formula is C11H7BrCl2N2. The van der Waals surface area contributed by atoms with Gasteiger partial charge in [0.1, 0.15) is 10.4 Å². The molecule has 0 aliphatic heterocycles. The molecule has 2 rings (SSSR count). The van der Waals surface area contributed by atoms with Crippen molar-refractivity contribution in [1.82, 2.24) is 4.98 Å².